The van der Waals surface area contributed by atoms with Crippen LogP contribution in [0.4, 0.5) is 5.69 Å². The first-order chi connectivity index (χ1) is 12.0. The molecule has 0 radical (unpaired) electrons. The summed E-state index contributed by atoms with van der Waals surface area (Å²) in [6, 6.07) is 8.21. The van der Waals surface area contributed by atoms with Crippen molar-refractivity contribution in [1.29, 1.82) is 0 Å². The third-order valence-corrected chi connectivity index (χ3v) is 3.56. The zero-order valence-corrected chi connectivity index (χ0v) is 14.1. The average molecular weight is 344 g/mol. The van der Waals surface area contributed by atoms with Crippen molar-refractivity contribution in [2.24, 2.45) is 0 Å². The molecule has 25 heavy (non-hydrogen) atoms. The van der Waals surface area contributed by atoms with Gasteiger partial charge < -0.3 is 19.8 Å². The van der Waals surface area contributed by atoms with Crippen LogP contribution in [0.15, 0.2) is 41.0 Å². The number of anilines is 1. The third kappa shape index (κ3) is 5.20. The number of hydrogen-bond acceptors (Lipinski definition) is 5. The second-order valence-corrected chi connectivity index (χ2v) is 5.40. The summed E-state index contributed by atoms with van der Waals surface area (Å²) in [5.41, 5.74) is 1.77. The van der Waals surface area contributed by atoms with Gasteiger partial charge in [0.1, 0.15) is 0 Å². The highest BCUT2D eigenvalue weighted by Crippen LogP contribution is 2.18. The smallest absolute Gasteiger partial charge is 0.305 e. The fourth-order valence-corrected chi connectivity index (χ4v) is 2.13. The summed E-state index contributed by atoms with van der Waals surface area (Å²) in [7, 11) is 1.33. The fraction of sp³-hybridized carbons (Fsp3) is 0.278. The van der Waals surface area contributed by atoms with Gasteiger partial charge in [0, 0.05) is 24.2 Å². The van der Waals surface area contributed by atoms with Crippen molar-refractivity contribution < 1.29 is 23.5 Å². The molecule has 0 bridgehead atoms. The van der Waals surface area contributed by atoms with Gasteiger partial charge in [-0.1, -0.05) is 6.07 Å². The van der Waals surface area contributed by atoms with E-state index in [9.17, 15) is 14.4 Å². The van der Waals surface area contributed by atoms with Gasteiger partial charge in [-0.2, -0.15) is 0 Å². The molecule has 2 aromatic rings. The minimum atomic E-state index is -0.385. The van der Waals surface area contributed by atoms with Crippen molar-refractivity contribution in [2.45, 2.75) is 19.8 Å². The van der Waals surface area contributed by atoms with E-state index in [1.807, 2.05) is 6.92 Å². The highest BCUT2D eigenvalue weighted by atomic mass is 16.5. The van der Waals surface area contributed by atoms with Gasteiger partial charge in [0.25, 0.3) is 11.8 Å². The van der Waals surface area contributed by atoms with E-state index in [-0.39, 0.29) is 30.0 Å². The maximum absolute atomic E-state index is 12.2. The lowest BCUT2D eigenvalue weighted by Crippen LogP contribution is -2.25. The number of aryl methyl sites for hydroxylation is 1. The zero-order valence-electron chi connectivity index (χ0n) is 14.1. The summed E-state index contributed by atoms with van der Waals surface area (Å²) in [4.78, 5) is 35.3. The molecule has 2 amide bonds. The number of rotatable bonds is 7. The van der Waals surface area contributed by atoms with Gasteiger partial charge in [-0.3, -0.25) is 14.4 Å². The Morgan fingerprint density at radius 2 is 1.96 bits per heavy atom. The lowest BCUT2D eigenvalue weighted by molar-refractivity contribution is -0.140. The summed E-state index contributed by atoms with van der Waals surface area (Å²) in [5.74, 6) is -0.785. The van der Waals surface area contributed by atoms with Crippen molar-refractivity contribution in [1.82, 2.24) is 5.32 Å². The van der Waals surface area contributed by atoms with Crippen molar-refractivity contribution in [2.75, 3.05) is 19.0 Å². The van der Waals surface area contributed by atoms with Crippen LogP contribution in [0.25, 0.3) is 0 Å². The number of nitrogens with one attached hydrogen (secondary N) is 2. The Labute approximate surface area is 145 Å². The number of benzene rings is 1. The number of carbonyl (C=O) groups excluding carboxylic acids is 3. The van der Waals surface area contributed by atoms with Crippen LogP contribution in [0.5, 0.6) is 0 Å². The molecule has 7 heteroatoms. The molecule has 0 aliphatic rings. The highest BCUT2D eigenvalue weighted by molar-refractivity contribution is 6.03. The molecule has 2 rings (SSSR count). The summed E-state index contributed by atoms with van der Waals surface area (Å²) in [5, 5.41) is 5.45. The molecule has 0 aliphatic carbocycles. The Kier molecular flexibility index (Phi) is 6.33. The number of carbonyl (C=O) groups is 3. The van der Waals surface area contributed by atoms with Crippen LogP contribution in [-0.2, 0) is 9.53 Å². The van der Waals surface area contributed by atoms with Gasteiger partial charge in [0.15, 0.2) is 5.76 Å². The van der Waals surface area contributed by atoms with E-state index in [1.54, 1.807) is 30.3 Å². The normalized spacial score (nSPS) is 10.2. The van der Waals surface area contributed by atoms with Gasteiger partial charge in [0.05, 0.1) is 13.4 Å². The lowest BCUT2D eigenvalue weighted by Gasteiger charge is -2.10. The maximum Gasteiger partial charge on any atom is 0.305 e. The number of hydrogen-bond donors (Lipinski definition) is 2. The standard InChI is InChI=1S/C18H20N2O5/c1-12-7-8-13(17(22)19-9-3-6-16(21)24-2)11-14(12)20-18(23)15-5-4-10-25-15/h4-5,7-8,10-11H,3,6,9H2,1-2H3,(H,19,22)(H,20,23). The Morgan fingerprint density at radius 1 is 1.16 bits per heavy atom. The van der Waals surface area contributed by atoms with Gasteiger partial charge >= 0.3 is 5.97 Å². The van der Waals surface area contributed by atoms with Gasteiger partial charge in [0.2, 0.25) is 0 Å². The second-order valence-electron chi connectivity index (χ2n) is 5.40. The van der Waals surface area contributed by atoms with Crippen molar-refractivity contribution in [3.8, 4) is 0 Å². The van der Waals surface area contributed by atoms with Crippen LogP contribution in [0, 0.1) is 6.92 Å². The number of furan rings is 1. The first kappa shape index (κ1) is 18.3. The lowest BCUT2D eigenvalue weighted by atomic mass is 10.1. The molecule has 0 atom stereocenters. The van der Waals surface area contributed by atoms with E-state index in [2.05, 4.69) is 15.4 Å². The molecule has 2 N–H and O–H groups in total. The Balaban J connectivity index is 1.96. The molecule has 0 fully saturated rings. The minimum Gasteiger partial charge on any atom is -0.469 e. The molecular weight excluding hydrogens is 324 g/mol. The molecule has 0 saturated heterocycles. The largest absolute Gasteiger partial charge is 0.469 e. The molecule has 0 aliphatic heterocycles. The Bertz CT molecular complexity index is 753. The van der Waals surface area contributed by atoms with Gasteiger partial charge in [-0.25, -0.2) is 0 Å². The van der Waals surface area contributed by atoms with Crippen LogP contribution < -0.4 is 10.6 Å². The third-order valence-electron chi connectivity index (χ3n) is 3.56. The topological polar surface area (TPSA) is 97.6 Å². The van der Waals surface area contributed by atoms with Crippen LogP contribution in [0.2, 0.25) is 0 Å². The summed E-state index contributed by atoms with van der Waals surface area (Å²) >= 11 is 0. The summed E-state index contributed by atoms with van der Waals surface area (Å²) in [6.07, 6.45) is 2.15. The van der Waals surface area contributed by atoms with Gasteiger partial charge in [-0.15, -0.1) is 0 Å². The minimum absolute atomic E-state index is 0.192. The van der Waals surface area contributed by atoms with E-state index in [4.69, 9.17) is 4.42 Å². The number of esters is 1. The monoisotopic (exact) mass is 344 g/mol. The number of methoxy groups -OCH3 is 1. The quantitative estimate of drug-likeness (QED) is 0.594. The molecule has 0 spiro atoms. The van der Waals surface area contributed by atoms with Crippen molar-refractivity contribution >= 4 is 23.5 Å². The van der Waals surface area contributed by atoms with Crippen LogP contribution in [0.3, 0.4) is 0 Å². The van der Waals surface area contributed by atoms with Gasteiger partial charge in [-0.05, 0) is 43.2 Å². The molecule has 132 valence electrons. The molecule has 7 nitrogen and oxygen atoms in total. The molecular formula is C18H20N2O5. The fourth-order valence-electron chi connectivity index (χ4n) is 2.13. The molecule has 1 heterocycles. The van der Waals surface area contributed by atoms with Crippen LogP contribution >= 0.6 is 0 Å². The van der Waals surface area contributed by atoms with E-state index in [1.165, 1.54) is 13.4 Å². The van der Waals surface area contributed by atoms with Crippen molar-refractivity contribution in [3.05, 3.63) is 53.5 Å². The predicted octanol–water partition coefficient (Wildman–Crippen LogP) is 2.52. The van der Waals surface area contributed by atoms with E-state index < -0.39 is 0 Å². The number of ether oxygens (including phenoxy) is 1. The summed E-state index contributed by atoms with van der Waals surface area (Å²) < 4.78 is 9.59. The Hall–Kier alpha value is -3.09. The molecule has 1 aromatic heterocycles. The van der Waals surface area contributed by atoms with E-state index in [0.29, 0.717) is 24.2 Å². The zero-order chi connectivity index (χ0) is 18.2. The molecule has 0 unspecified atom stereocenters. The molecule has 0 saturated carbocycles. The highest BCUT2D eigenvalue weighted by Gasteiger charge is 2.13. The second kappa shape index (κ2) is 8.68. The first-order valence-electron chi connectivity index (χ1n) is 7.82. The number of amides is 2. The van der Waals surface area contributed by atoms with Crippen LogP contribution in [0.1, 0.15) is 39.3 Å². The van der Waals surface area contributed by atoms with Crippen LogP contribution in [-0.4, -0.2) is 31.4 Å². The first-order valence-corrected chi connectivity index (χ1v) is 7.82. The SMILES string of the molecule is COC(=O)CCCNC(=O)c1ccc(C)c(NC(=O)c2ccco2)c1. The molecule has 1 aromatic carbocycles. The Morgan fingerprint density at radius 3 is 2.64 bits per heavy atom. The van der Waals surface area contributed by atoms with Crippen molar-refractivity contribution in [3.63, 3.8) is 0 Å². The van der Waals surface area contributed by atoms with E-state index in [0.717, 1.165) is 5.56 Å². The maximum atomic E-state index is 12.2. The summed E-state index contributed by atoms with van der Waals surface area (Å²) in [6.45, 7) is 2.19. The predicted molar refractivity (Wildman–Crippen MR) is 91.4 cm³/mol. The van der Waals surface area contributed by atoms with E-state index >= 15 is 0 Å². The average Bonchev–Trinajstić information content (AvgIpc) is 3.14.